The zero-order valence-corrected chi connectivity index (χ0v) is 11.4. The fourth-order valence-corrected chi connectivity index (χ4v) is 2.35. The molecule has 2 N–H and O–H groups in total. The van der Waals surface area contributed by atoms with Crippen molar-refractivity contribution in [2.75, 3.05) is 12.4 Å². The summed E-state index contributed by atoms with van der Waals surface area (Å²) in [7, 11) is 1.33. The molecule has 0 radical (unpaired) electrons. The third-order valence-corrected chi connectivity index (χ3v) is 3.33. The van der Waals surface area contributed by atoms with Gasteiger partial charge in [0.05, 0.1) is 12.7 Å². The third-order valence-electron chi connectivity index (χ3n) is 3.33. The smallest absolute Gasteiger partial charge is 0.338 e. The van der Waals surface area contributed by atoms with E-state index in [1.165, 1.54) is 11.8 Å². The molecule has 0 bridgehead atoms. The van der Waals surface area contributed by atoms with Crippen molar-refractivity contribution in [2.24, 2.45) is 0 Å². The number of nitrogens with one attached hydrogen (secondary N) is 1. The second-order valence-corrected chi connectivity index (χ2v) is 4.60. The van der Waals surface area contributed by atoms with E-state index in [1.54, 1.807) is 31.2 Å². The van der Waals surface area contributed by atoms with Gasteiger partial charge in [-0.25, -0.2) is 4.79 Å². The first-order chi connectivity index (χ1) is 10.1. The van der Waals surface area contributed by atoms with Crippen LogP contribution in [0.2, 0.25) is 0 Å². The second-order valence-electron chi connectivity index (χ2n) is 4.60. The van der Waals surface area contributed by atoms with Crippen molar-refractivity contribution < 1.29 is 14.6 Å². The number of phenols is 1. The Bertz CT molecular complexity index is 720. The number of rotatable bonds is 2. The van der Waals surface area contributed by atoms with Gasteiger partial charge in [0, 0.05) is 5.70 Å². The molecule has 8 heteroatoms. The van der Waals surface area contributed by atoms with E-state index in [0.717, 1.165) is 5.56 Å². The summed E-state index contributed by atoms with van der Waals surface area (Å²) >= 11 is 0. The van der Waals surface area contributed by atoms with Crippen LogP contribution in [-0.4, -0.2) is 38.4 Å². The molecule has 0 unspecified atom stereocenters. The molecular weight excluding hydrogens is 274 g/mol. The van der Waals surface area contributed by atoms with Gasteiger partial charge in [-0.05, 0) is 35.0 Å². The maximum Gasteiger partial charge on any atom is 0.338 e. The zero-order chi connectivity index (χ0) is 15.0. The maximum atomic E-state index is 12.1. The summed E-state index contributed by atoms with van der Waals surface area (Å²) in [5.41, 5.74) is 1.81. The first kappa shape index (κ1) is 13.1. The Morgan fingerprint density at radius 2 is 2.10 bits per heavy atom. The molecule has 0 amide bonds. The molecule has 108 valence electrons. The van der Waals surface area contributed by atoms with Crippen LogP contribution in [0.25, 0.3) is 0 Å². The van der Waals surface area contributed by atoms with Gasteiger partial charge in [0.2, 0.25) is 5.95 Å². The molecule has 0 saturated carbocycles. The minimum Gasteiger partial charge on any atom is -0.508 e. The van der Waals surface area contributed by atoms with Crippen LogP contribution < -0.4 is 5.32 Å². The number of aromatic nitrogens is 4. The summed E-state index contributed by atoms with van der Waals surface area (Å²) in [5.74, 6) is 0.127. The van der Waals surface area contributed by atoms with Gasteiger partial charge in [0.25, 0.3) is 0 Å². The largest absolute Gasteiger partial charge is 0.508 e. The van der Waals surface area contributed by atoms with E-state index in [4.69, 9.17) is 4.74 Å². The zero-order valence-electron chi connectivity index (χ0n) is 11.4. The number of hydrogen-bond donors (Lipinski definition) is 2. The quantitative estimate of drug-likeness (QED) is 0.789. The SMILES string of the molecule is COC(=O)C1=C(C)Nc2nnnn2[C@H]1c1ccc(O)cc1. The number of hydrogen-bond acceptors (Lipinski definition) is 7. The third kappa shape index (κ3) is 2.10. The standard InChI is InChI=1S/C13H13N5O3/c1-7-10(12(20)21-2)11(8-3-5-9(19)6-4-8)18-13(14-7)15-16-17-18/h3-6,11,19H,1-2H3,(H,14,15,17)/t11-/m0/s1. The van der Waals surface area contributed by atoms with Crippen LogP contribution >= 0.6 is 0 Å². The molecule has 0 aliphatic carbocycles. The lowest BCUT2D eigenvalue weighted by atomic mass is 9.96. The number of carbonyl (C=O) groups excluding carboxylic acids is 1. The number of allylic oxidation sites excluding steroid dienone is 1. The normalized spacial score (nSPS) is 17.1. The van der Waals surface area contributed by atoms with Crippen LogP contribution in [0.15, 0.2) is 35.5 Å². The maximum absolute atomic E-state index is 12.1. The highest BCUT2D eigenvalue weighted by Crippen LogP contribution is 2.35. The molecule has 0 spiro atoms. The summed E-state index contributed by atoms with van der Waals surface area (Å²) in [5, 5.41) is 23.8. The van der Waals surface area contributed by atoms with Gasteiger partial charge in [-0.1, -0.05) is 17.2 Å². The molecule has 2 heterocycles. The van der Waals surface area contributed by atoms with Gasteiger partial charge in [-0.3, -0.25) is 0 Å². The van der Waals surface area contributed by atoms with Crippen molar-refractivity contribution in [3.63, 3.8) is 0 Å². The van der Waals surface area contributed by atoms with Crippen molar-refractivity contribution >= 4 is 11.9 Å². The van der Waals surface area contributed by atoms with E-state index >= 15 is 0 Å². The van der Waals surface area contributed by atoms with E-state index in [0.29, 0.717) is 17.2 Å². The Balaban J connectivity index is 2.17. The van der Waals surface area contributed by atoms with E-state index in [9.17, 15) is 9.90 Å². The highest BCUT2D eigenvalue weighted by atomic mass is 16.5. The summed E-state index contributed by atoms with van der Waals surface area (Å²) < 4.78 is 6.36. The molecule has 1 aliphatic rings. The fourth-order valence-electron chi connectivity index (χ4n) is 2.35. The second kappa shape index (κ2) is 4.89. The van der Waals surface area contributed by atoms with Crippen LogP contribution in [0.3, 0.4) is 0 Å². The average molecular weight is 287 g/mol. The summed E-state index contributed by atoms with van der Waals surface area (Å²) in [6.45, 7) is 1.76. The number of nitrogens with zero attached hydrogens (tertiary/aromatic N) is 4. The molecule has 1 aromatic carbocycles. The lowest BCUT2D eigenvalue weighted by Gasteiger charge is -2.27. The minimum atomic E-state index is -0.510. The van der Waals surface area contributed by atoms with E-state index < -0.39 is 12.0 Å². The molecule has 21 heavy (non-hydrogen) atoms. The number of ether oxygens (including phenoxy) is 1. The van der Waals surface area contributed by atoms with Crippen molar-refractivity contribution in [3.05, 3.63) is 41.1 Å². The Labute approximate surface area is 120 Å². The van der Waals surface area contributed by atoms with Crippen LogP contribution in [0.5, 0.6) is 5.75 Å². The molecule has 0 fully saturated rings. The number of methoxy groups -OCH3 is 1. The first-order valence-electron chi connectivity index (χ1n) is 6.24. The molecule has 8 nitrogen and oxygen atoms in total. The Kier molecular flexibility index (Phi) is 3.05. The number of anilines is 1. The van der Waals surface area contributed by atoms with Gasteiger partial charge in [0.1, 0.15) is 11.8 Å². The van der Waals surface area contributed by atoms with Gasteiger partial charge in [-0.15, -0.1) is 0 Å². The van der Waals surface area contributed by atoms with Crippen LogP contribution in [0, 0.1) is 0 Å². The Hall–Kier alpha value is -2.90. The number of fused-ring (bicyclic) bond motifs is 1. The van der Waals surface area contributed by atoms with Crippen molar-refractivity contribution in [3.8, 4) is 5.75 Å². The number of carbonyl (C=O) groups is 1. The predicted octanol–water partition coefficient (Wildman–Crippen LogP) is 0.841. The van der Waals surface area contributed by atoms with E-state index in [-0.39, 0.29) is 5.75 Å². The summed E-state index contributed by atoms with van der Waals surface area (Å²) in [6, 6.07) is 6.02. The van der Waals surface area contributed by atoms with Crippen molar-refractivity contribution in [1.29, 1.82) is 0 Å². The van der Waals surface area contributed by atoms with Crippen molar-refractivity contribution in [2.45, 2.75) is 13.0 Å². The summed E-state index contributed by atoms with van der Waals surface area (Å²) in [6.07, 6.45) is 0. The molecule has 2 aromatic rings. The van der Waals surface area contributed by atoms with Crippen LogP contribution in [-0.2, 0) is 9.53 Å². The highest BCUT2D eigenvalue weighted by Gasteiger charge is 2.34. The fraction of sp³-hybridized carbons (Fsp3) is 0.231. The predicted molar refractivity (Wildman–Crippen MR) is 72.4 cm³/mol. The van der Waals surface area contributed by atoms with Gasteiger partial charge >= 0.3 is 5.97 Å². The lowest BCUT2D eigenvalue weighted by Crippen LogP contribution is -2.29. The number of aromatic hydroxyl groups is 1. The summed E-state index contributed by atoms with van der Waals surface area (Å²) in [4.78, 5) is 12.1. The van der Waals surface area contributed by atoms with E-state index in [1.807, 2.05) is 0 Å². The van der Waals surface area contributed by atoms with Gasteiger partial charge in [0.15, 0.2) is 0 Å². The molecule has 1 aromatic heterocycles. The molecular formula is C13H13N5O3. The van der Waals surface area contributed by atoms with Crippen LogP contribution in [0.1, 0.15) is 18.5 Å². The molecule has 1 aliphatic heterocycles. The minimum absolute atomic E-state index is 0.143. The Morgan fingerprint density at radius 1 is 1.38 bits per heavy atom. The lowest BCUT2D eigenvalue weighted by molar-refractivity contribution is -0.136. The first-order valence-corrected chi connectivity index (χ1v) is 6.24. The number of benzene rings is 1. The van der Waals surface area contributed by atoms with Gasteiger partial charge in [-0.2, -0.15) is 4.68 Å². The molecule has 1 atom stereocenters. The Morgan fingerprint density at radius 3 is 2.76 bits per heavy atom. The van der Waals surface area contributed by atoms with Gasteiger partial charge < -0.3 is 15.2 Å². The van der Waals surface area contributed by atoms with E-state index in [2.05, 4.69) is 20.8 Å². The van der Waals surface area contributed by atoms with Crippen molar-refractivity contribution in [1.82, 2.24) is 20.2 Å². The average Bonchev–Trinajstić information content (AvgIpc) is 2.94. The number of phenolic OH excluding ortho intramolecular Hbond substituents is 1. The monoisotopic (exact) mass is 287 g/mol. The topological polar surface area (TPSA) is 102 Å². The highest BCUT2D eigenvalue weighted by molar-refractivity contribution is 5.92. The number of esters is 1. The molecule has 3 rings (SSSR count). The van der Waals surface area contributed by atoms with Crippen LogP contribution in [0.4, 0.5) is 5.95 Å². The number of tetrazole rings is 1. The molecule has 0 saturated heterocycles.